The molecule has 0 spiro atoms. The summed E-state index contributed by atoms with van der Waals surface area (Å²) in [6.45, 7) is 7.21. The molecule has 1 N–H and O–H groups in total. The predicted octanol–water partition coefficient (Wildman–Crippen LogP) is 2.26. The summed E-state index contributed by atoms with van der Waals surface area (Å²) < 4.78 is 0. The summed E-state index contributed by atoms with van der Waals surface area (Å²) in [6, 6.07) is 0.0221. The minimum Gasteiger partial charge on any atom is -0.341 e. The minimum atomic E-state index is 0. The molecule has 1 fully saturated rings. The monoisotopic (exact) mass is 341 g/mol. The molecule has 0 aromatic carbocycles. The Balaban J connectivity index is 0. The first-order valence-electron chi connectivity index (χ1n) is 7.57. The maximum absolute atomic E-state index is 12.6. The summed E-state index contributed by atoms with van der Waals surface area (Å²) in [5, 5.41) is 3.21. The fraction of sp³-hybridized carbons (Fsp3) is 0.933. The van der Waals surface area contributed by atoms with Crippen LogP contribution in [0.15, 0.2) is 0 Å². The van der Waals surface area contributed by atoms with Gasteiger partial charge in [-0.2, -0.15) is 0 Å². The number of halogens is 2. The summed E-state index contributed by atoms with van der Waals surface area (Å²) in [6.07, 6.45) is 3.55. The number of hydrogen-bond donors (Lipinski definition) is 1. The lowest BCUT2D eigenvalue weighted by Crippen LogP contribution is -2.51. The molecule has 6 heteroatoms. The first-order valence-corrected chi connectivity index (χ1v) is 7.57. The number of carbonyl (C=O) groups is 1. The molecule has 0 aromatic rings. The Morgan fingerprint density at radius 2 is 1.76 bits per heavy atom. The number of hydrogen-bond acceptors (Lipinski definition) is 3. The van der Waals surface area contributed by atoms with Gasteiger partial charge in [0.1, 0.15) is 0 Å². The van der Waals surface area contributed by atoms with E-state index in [0.717, 1.165) is 38.4 Å². The Labute approximate surface area is 142 Å². The highest BCUT2D eigenvalue weighted by Gasteiger charge is 2.31. The quantitative estimate of drug-likeness (QED) is 0.804. The number of nitrogens with zero attached hydrogens (tertiary/aromatic N) is 2. The molecule has 1 heterocycles. The van der Waals surface area contributed by atoms with Gasteiger partial charge in [-0.1, -0.05) is 13.8 Å². The smallest absolute Gasteiger partial charge is 0.240 e. The number of carbonyl (C=O) groups excluding carboxylic acids is 1. The van der Waals surface area contributed by atoms with Crippen LogP contribution in [0.5, 0.6) is 0 Å². The van der Waals surface area contributed by atoms with Gasteiger partial charge in [0.25, 0.3) is 0 Å². The van der Waals surface area contributed by atoms with Gasteiger partial charge < -0.3 is 10.2 Å². The van der Waals surface area contributed by atoms with E-state index >= 15 is 0 Å². The van der Waals surface area contributed by atoms with E-state index in [0.29, 0.717) is 11.8 Å². The van der Waals surface area contributed by atoms with Gasteiger partial charge in [0, 0.05) is 13.1 Å². The molecule has 1 rings (SSSR count). The van der Waals surface area contributed by atoms with E-state index in [1.807, 2.05) is 21.1 Å². The third-order valence-corrected chi connectivity index (χ3v) is 4.17. The van der Waals surface area contributed by atoms with Crippen molar-refractivity contribution in [2.24, 2.45) is 11.8 Å². The lowest BCUT2D eigenvalue weighted by molar-refractivity contribution is -0.139. The van der Waals surface area contributed by atoms with Gasteiger partial charge in [0.15, 0.2) is 0 Å². The van der Waals surface area contributed by atoms with Crippen molar-refractivity contribution in [3.05, 3.63) is 0 Å². The van der Waals surface area contributed by atoms with Crippen LogP contribution in [0.1, 0.15) is 33.1 Å². The number of likely N-dealkylation sites (tertiary alicyclic amines) is 1. The first kappa shape index (κ1) is 23.2. The van der Waals surface area contributed by atoms with Gasteiger partial charge in [0.05, 0.1) is 6.04 Å². The molecular weight excluding hydrogens is 309 g/mol. The number of likely N-dealkylation sites (N-methyl/N-ethyl adjacent to an activating group) is 1. The zero-order chi connectivity index (χ0) is 14.4. The van der Waals surface area contributed by atoms with Crippen molar-refractivity contribution in [3.63, 3.8) is 0 Å². The molecule has 4 nitrogen and oxygen atoms in total. The van der Waals surface area contributed by atoms with Gasteiger partial charge >= 0.3 is 0 Å². The fourth-order valence-corrected chi connectivity index (χ4v) is 3.08. The molecule has 0 bridgehead atoms. The summed E-state index contributed by atoms with van der Waals surface area (Å²) >= 11 is 0. The summed E-state index contributed by atoms with van der Waals surface area (Å²) in [5.41, 5.74) is 0. The van der Waals surface area contributed by atoms with Gasteiger partial charge in [-0.3, -0.25) is 9.69 Å². The summed E-state index contributed by atoms with van der Waals surface area (Å²) in [4.78, 5) is 16.7. The molecular formula is C15H33Cl2N3O. The molecule has 1 atom stereocenters. The van der Waals surface area contributed by atoms with Crippen LogP contribution in [-0.4, -0.2) is 62.5 Å². The van der Waals surface area contributed by atoms with Crippen LogP contribution >= 0.6 is 24.8 Å². The van der Waals surface area contributed by atoms with Crippen LogP contribution < -0.4 is 5.32 Å². The highest BCUT2D eigenvalue weighted by atomic mass is 35.5. The van der Waals surface area contributed by atoms with Crippen molar-refractivity contribution in [2.75, 3.05) is 40.8 Å². The van der Waals surface area contributed by atoms with E-state index in [4.69, 9.17) is 0 Å². The number of nitrogens with one attached hydrogen (secondary N) is 1. The van der Waals surface area contributed by atoms with Crippen LogP contribution in [0.4, 0.5) is 0 Å². The Morgan fingerprint density at radius 1 is 1.24 bits per heavy atom. The molecule has 0 aliphatic carbocycles. The Kier molecular flexibility index (Phi) is 12.8. The molecule has 1 aliphatic rings. The Morgan fingerprint density at radius 3 is 2.14 bits per heavy atom. The molecule has 0 saturated carbocycles. The SMILES string of the molecule is CNCCC1CCN(C(=O)[C@H](C(C)C)N(C)C)CC1.Cl.Cl. The largest absolute Gasteiger partial charge is 0.341 e. The molecule has 128 valence electrons. The third kappa shape index (κ3) is 7.18. The van der Waals surface area contributed by atoms with Crippen LogP contribution in [0.3, 0.4) is 0 Å². The second-order valence-electron chi connectivity index (χ2n) is 6.31. The lowest BCUT2D eigenvalue weighted by Gasteiger charge is -2.37. The zero-order valence-electron chi connectivity index (χ0n) is 14.1. The second-order valence-corrected chi connectivity index (χ2v) is 6.31. The zero-order valence-corrected chi connectivity index (χ0v) is 15.7. The van der Waals surface area contributed by atoms with E-state index in [2.05, 4.69) is 29.0 Å². The van der Waals surface area contributed by atoms with Crippen molar-refractivity contribution < 1.29 is 4.79 Å². The molecule has 1 saturated heterocycles. The van der Waals surface area contributed by atoms with Crippen LogP contribution in [0.25, 0.3) is 0 Å². The van der Waals surface area contributed by atoms with E-state index in [9.17, 15) is 4.79 Å². The van der Waals surface area contributed by atoms with Gasteiger partial charge in [-0.05, 0) is 58.8 Å². The van der Waals surface area contributed by atoms with E-state index < -0.39 is 0 Å². The van der Waals surface area contributed by atoms with E-state index in [-0.39, 0.29) is 30.9 Å². The van der Waals surface area contributed by atoms with Crippen molar-refractivity contribution in [1.82, 2.24) is 15.1 Å². The lowest BCUT2D eigenvalue weighted by atomic mass is 9.92. The first-order chi connectivity index (χ1) is 8.97. The maximum Gasteiger partial charge on any atom is 0.240 e. The molecule has 1 amide bonds. The van der Waals surface area contributed by atoms with Crippen molar-refractivity contribution in [1.29, 1.82) is 0 Å². The van der Waals surface area contributed by atoms with Crippen LogP contribution in [0.2, 0.25) is 0 Å². The van der Waals surface area contributed by atoms with Crippen molar-refractivity contribution >= 4 is 30.7 Å². The van der Waals surface area contributed by atoms with Crippen molar-refractivity contribution in [2.45, 2.75) is 39.2 Å². The fourth-order valence-electron chi connectivity index (χ4n) is 3.08. The number of piperidine rings is 1. The Hall–Kier alpha value is -0.0300. The van der Waals surface area contributed by atoms with Crippen molar-refractivity contribution in [3.8, 4) is 0 Å². The Bertz CT molecular complexity index is 272. The standard InChI is InChI=1S/C15H31N3O.2ClH/c1-12(2)14(17(4)5)15(19)18-10-7-13(8-11-18)6-9-16-3;;/h12-14,16H,6-11H2,1-5H3;2*1H/t14-;;/m0../s1. The van der Waals surface area contributed by atoms with Gasteiger partial charge in [0.2, 0.25) is 5.91 Å². The van der Waals surface area contributed by atoms with E-state index in [1.54, 1.807) is 0 Å². The number of amides is 1. The van der Waals surface area contributed by atoms with Gasteiger partial charge in [-0.25, -0.2) is 0 Å². The highest BCUT2D eigenvalue weighted by Crippen LogP contribution is 2.22. The maximum atomic E-state index is 12.6. The summed E-state index contributed by atoms with van der Waals surface area (Å²) in [7, 11) is 6.01. The molecule has 1 aliphatic heterocycles. The second kappa shape index (κ2) is 11.5. The van der Waals surface area contributed by atoms with E-state index in [1.165, 1.54) is 6.42 Å². The molecule has 0 unspecified atom stereocenters. The molecule has 0 radical (unpaired) electrons. The van der Waals surface area contributed by atoms with Crippen LogP contribution in [-0.2, 0) is 4.79 Å². The van der Waals surface area contributed by atoms with Crippen LogP contribution in [0, 0.1) is 11.8 Å². The topological polar surface area (TPSA) is 35.6 Å². The highest BCUT2D eigenvalue weighted by molar-refractivity contribution is 5.85. The average molecular weight is 342 g/mol. The third-order valence-electron chi connectivity index (χ3n) is 4.17. The van der Waals surface area contributed by atoms with Gasteiger partial charge in [-0.15, -0.1) is 24.8 Å². The average Bonchev–Trinajstić information content (AvgIpc) is 2.36. The molecule has 21 heavy (non-hydrogen) atoms. The molecule has 0 aromatic heterocycles. The summed E-state index contributed by atoms with van der Waals surface area (Å²) in [5.74, 6) is 1.46. The normalized spacial score (nSPS) is 17.4. The minimum absolute atomic E-state index is 0. The predicted molar refractivity (Wildman–Crippen MR) is 94.7 cm³/mol. The number of rotatable bonds is 6.